The van der Waals surface area contributed by atoms with Gasteiger partial charge in [0.2, 0.25) is 5.89 Å². The highest BCUT2D eigenvalue weighted by Crippen LogP contribution is 2.23. The molecule has 2 rings (SSSR count). The average Bonchev–Trinajstić information content (AvgIpc) is 2.80. The van der Waals surface area contributed by atoms with Crippen LogP contribution < -0.4 is 5.32 Å². The first kappa shape index (κ1) is 12.9. The van der Waals surface area contributed by atoms with Gasteiger partial charge in [-0.3, -0.25) is 4.79 Å². The minimum atomic E-state index is -0.420. The highest BCUT2D eigenvalue weighted by molar-refractivity contribution is 6.35. The van der Waals surface area contributed by atoms with Crippen LogP contribution in [0.4, 0.5) is 0 Å². The van der Waals surface area contributed by atoms with Gasteiger partial charge in [0.15, 0.2) is 0 Å². The van der Waals surface area contributed by atoms with Crippen LogP contribution in [0.3, 0.4) is 0 Å². The number of hydrogen-bond acceptors (Lipinski definition) is 4. The number of carbonyl (C=O) groups excluding carboxylic acids is 1. The lowest BCUT2D eigenvalue weighted by atomic mass is 10.1. The number of benzene rings is 1. The summed E-state index contributed by atoms with van der Waals surface area (Å²) in [7, 11) is 1.49. The van der Waals surface area contributed by atoms with Crippen LogP contribution in [0.1, 0.15) is 22.1 Å². The molecular weight excluding hydrogens is 277 g/mol. The highest BCUT2D eigenvalue weighted by Gasteiger charge is 2.14. The van der Waals surface area contributed by atoms with Gasteiger partial charge in [0.05, 0.1) is 6.42 Å². The molecule has 0 aliphatic carbocycles. The second kappa shape index (κ2) is 5.37. The number of nitrogens with one attached hydrogen (secondary N) is 1. The smallest absolute Gasteiger partial charge is 0.308 e. The Balaban J connectivity index is 2.18. The van der Waals surface area contributed by atoms with Crippen LogP contribution >= 0.6 is 23.2 Å². The van der Waals surface area contributed by atoms with Crippen LogP contribution in [0, 0.1) is 0 Å². The fourth-order valence-corrected chi connectivity index (χ4v) is 1.83. The standard InChI is InChI=1S/C11H9Cl2N3O2/c1-14-10(17)11-16-15-9(18-11)4-6-2-3-7(12)5-8(6)13/h2-3,5H,4H2,1H3,(H,14,17). The van der Waals surface area contributed by atoms with Crippen molar-refractivity contribution in [1.29, 1.82) is 0 Å². The Hall–Kier alpha value is -1.59. The summed E-state index contributed by atoms with van der Waals surface area (Å²) in [5, 5.41) is 10.9. The van der Waals surface area contributed by atoms with E-state index in [1.165, 1.54) is 7.05 Å². The minimum absolute atomic E-state index is 0.0717. The topological polar surface area (TPSA) is 68.0 Å². The van der Waals surface area contributed by atoms with E-state index in [9.17, 15) is 4.79 Å². The molecule has 5 nitrogen and oxygen atoms in total. The van der Waals surface area contributed by atoms with Gasteiger partial charge in [-0.2, -0.15) is 0 Å². The van der Waals surface area contributed by atoms with Crippen molar-refractivity contribution in [3.8, 4) is 0 Å². The third-order valence-electron chi connectivity index (χ3n) is 2.24. The second-order valence-corrected chi connectivity index (χ2v) is 4.34. The van der Waals surface area contributed by atoms with Gasteiger partial charge < -0.3 is 9.73 Å². The van der Waals surface area contributed by atoms with Crippen LogP contribution in [0.15, 0.2) is 22.6 Å². The fraction of sp³-hybridized carbons (Fsp3) is 0.182. The molecule has 94 valence electrons. The molecule has 1 amide bonds. The van der Waals surface area contributed by atoms with E-state index in [0.29, 0.717) is 22.4 Å². The van der Waals surface area contributed by atoms with E-state index in [2.05, 4.69) is 15.5 Å². The third-order valence-corrected chi connectivity index (χ3v) is 2.83. The van der Waals surface area contributed by atoms with Crippen molar-refractivity contribution in [2.45, 2.75) is 6.42 Å². The predicted molar refractivity (Wildman–Crippen MR) is 67.0 cm³/mol. The Bertz CT molecular complexity index is 583. The Labute approximate surface area is 113 Å². The Kier molecular flexibility index (Phi) is 3.84. The monoisotopic (exact) mass is 285 g/mol. The van der Waals surface area contributed by atoms with Crippen molar-refractivity contribution < 1.29 is 9.21 Å². The first-order valence-electron chi connectivity index (χ1n) is 5.08. The van der Waals surface area contributed by atoms with E-state index in [-0.39, 0.29) is 5.89 Å². The second-order valence-electron chi connectivity index (χ2n) is 3.49. The summed E-state index contributed by atoms with van der Waals surface area (Å²) in [6.07, 6.45) is 0.347. The highest BCUT2D eigenvalue weighted by atomic mass is 35.5. The SMILES string of the molecule is CNC(=O)c1nnc(Cc2ccc(Cl)cc2Cl)o1. The van der Waals surface area contributed by atoms with Crippen molar-refractivity contribution >= 4 is 29.1 Å². The molecule has 0 unspecified atom stereocenters. The summed E-state index contributed by atoms with van der Waals surface area (Å²) in [6.45, 7) is 0. The van der Waals surface area contributed by atoms with Gasteiger partial charge in [0.25, 0.3) is 0 Å². The van der Waals surface area contributed by atoms with Crippen LogP contribution in [0.25, 0.3) is 0 Å². The van der Waals surface area contributed by atoms with Crippen molar-refractivity contribution in [2.75, 3.05) is 7.05 Å². The third kappa shape index (κ3) is 2.80. The number of halogens is 2. The van der Waals surface area contributed by atoms with Gasteiger partial charge in [-0.1, -0.05) is 29.3 Å². The molecule has 0 spiro atoms. The van der Waals surface area contributed by atoms with E-state index in [4.69, 9.17) is 27.6 Å². The molecule has 0 fully saturated rings. The van der Waals surface area contributed by atoms with E-state index in [1.54, 1.807) is 18.2 Å². The lowest BCUT2D eigenvalue weighted by Crippen LogP contribution is -2.17. The van der Waals surface area contributed by atoms with E-state index < -0.39 is 5.91 Å². The van der Waals surface area contributed by atoms with Crippen LogP contribution in [0.2, 0.25) is 10.0 Å². The maximum Gasteiger partial charge on any atom is 0.308 e. The molecule has 0 atom stereocenters. The number of nitrogens with zero attached hydrogens (tertiary/aromatic N) is 2. The lowest BCUT2D eigenvalue weighted by molar-refractivity contribution is 0.0927. The first-order chi connectivity index (χ1) is 8.60. The molecule has 0 bridgehead atoms. The Morgan fingerprint density at radius 2 is 2.17 bits per heavy atom. The normalized spacial score (nSPS) is 10.4. The lowest BCUT2D eigenvalue weighted by Gasteiger charge is -2.01. The molecule has 2 aromatic rings. The van der Waals surface area contributed by atoms with E-state index in [0.717, 1.165) is 5.56 Å². The molecule has 1 aromatic carbocycles. The van der Waals surface area contributed by atoms with Gasteiger partial charge in [-0.15, -0.1) is 10.2 Å². The maximum atomic E-state index is 11.2. The zero-order valence-electron chi connectivity index (χ0n) is 9.41. The van der Waals surface area contributed by atoms with Gasteiger partial charge in [0.1, 0.15) is 0 Å². The Morgan fingerprint density at radius 1 is 1.39 bits per heavy atom. The predicted octanol–water partition coefficient (Wildman–Crippen LogP) is 2.33. The summed E-state index contributed by atoms with van der Waals surface area (Å²) in [5.41, 5.74) is 0.799. The number of hydrogen-bond donors (Lipinski definition) is 1. The zero-order valence-corrected chi connectivity index (χ0v) is 10.9. The molecule has 1 N–H and O–H groups in total. The molecule has 0 aliphatic heterocycles. The van der Waals surface area contributed by atoms with Crippen LogP contribution in [0.5, 0.6) is 0 Å². The first-order valence-corrected chi connectivity index (χ1v) is 5.84. The van der Waals surface area contributed by atoms with Gasteiger partial charge in [-0.25, -0.2) is 0 Å². The van der Waals surface area contributed by atoms with E-state index >= 15 is 0 Å². The summed E-state index contributed by atoms with van der Waals surface area (Å²) in [6, 6.07) is 5.13. The quantitative estimate of drug-likeness (QED) is 0.940. The summed E-state index contributed by atoms with van der Waals surface area (Å²) in [5.74, 6) is -0.175. The Morgan fingerprint density at radius 3 is 2.83 bits per heavy atom. The van der Waals surface area contributed by atoms with Gasteiger partial charge >= 0.3 is 11.8 Å². The molecule has 0 aliphatic rings. The summed E-state index contributed by atoms with van der Waals surface area (Å²) >= 11 is 11.8. The molecule has 0 radical (unpaired) electrons. The van der Waals surface area contributed by atoms with E-state index in [1.807, 2.05) is 0 Å². The molecule has 7 heteroatoms. The van der Waals surface area contributed by atoms with Crippen LogP contribution in [-0.4, -0.2) is 23.2 Å². The van der Waals surface area contributed by atoms with Crippen molar-refractivity contribution in [1.82, 2.24) is 15.5 Å². The minimum Gasteiger partial charge on any atom is -0.417 e. The maximum absolute atomic E-state index is 11.2. The number of aromatic nitrogens is 2. The van der Waals surface area contributed by atoms with Gasteiger partial charge in [0, 0.05) is 17.1 Å². The number of amides is 1. The number of carbonyl (C=O) groups is 1. The summed E-state index contributed by atoms with van der Waals surface area (Å²) < 4.78 is 5.20. The van der Waals surface area contributed by atoms with Crippen LogP contribution in [-0.2, 0) is 6.42 Å². The molecule has 1 aromatic heterocycles. The molecule has 18 heavy (non-hydrogen) atoms. The molecule has 0 saturated carbocycles. The van der Waals surface area contributed by atoms with Crippen molar-refractivity contribution in [2.24, 2.45) is 0 Å². The molecule has 0 saturated heterocycles. The van der Waals surface area contributed by atoms with Gasteiger partial charge in [-0.05, 0) is 17.7 Å². The average molecular weight is 286 g/mol. The number of rotatable bonds is 3. The largest absolute Gasteiger partial charge is 0.417 e. The molecular formula is C11H9Cl2N3O2. The fourth-order valence-electron chi connectivity index (χ4n) is 1.35. The molecule has 1 heterocycles. The van der Waals surface area contributed by atoms with Crippen molar-refractivity contribution in [3.05, 3.63) is 45.6 Å². The zero-order chi connectivity index (χ0) is 13.1. The van der Waals surface area contributed by atoms with Crippen molar-refractivity contribution in [3.63, 3.8) is 0 Å². The summed E-state index contributed by atoms with van der Waals surface area (Å²) in [4.78, 5) is 11.2.